The van der Waals surface area contributed by atoms with Gasteiger partial charge in [0.2, 0.25) is 5.91 Å². The van der Waals surface area contributed by atoms with Crippen molar-refractivity contribution < 1.29 is 9.72 Å². The second kappa shape index (κ2) is 5.62. The molecule has 0 spiro atoms. The Morgan fingerprint density at radius 1 is 1.47 bits per heavy atom. The lowest BCUT2D eigenvalue weighted by atomic mass is 9.99. The van der Waals surface area contributed by atoms with Crippen LogP contribution in [0.3, 0.4) is 0 Å². The number of anilines is 1. The van der Waals surface area contributed by atoms with E-state index in [-0.39, 0.29) is 17.3 Å². The monoisotopic (exact) mass is 261 g/mol. The zero-order valence-corrected chi connectivity index (χ0v) is 10.6. The summed E-state index contributed by atoms with van der Waals surface area (Å²) in [6.45, 7) is 2.97. The summed E-state index contributed by atoms with van der Waals surface area (Å²) in [5, 5.41) is 16.7. The molecule has 2 rings (SSSR count). The van der Waals surface area contributed by atoms with Crippen LogP contribution in [0.15, 0.2) is 24.3 Å². The van der Waals surface area contributed by atoms with Gasteiger partial charge in [0.1, 0.15) is 5.69 Å². The molecule has 0 saturated carbocycles. The molecule has 1 heterocycles. The average molecular weight is 261 g/mol. The molecule has 19 heavy (non-hydrogen) atoms. The Hall–Kier alpha value is -2.21. The molecule has 6 nitrogen and oxygen atoms in total. The van der Waals surface area contributed by atoms with Crippen LogP contribution in [0.25, 0.3) is 5.57 Å². The van der Waals surface area contributed by atoms with Gasteiger partial charge in [-0.2, -0.15) is 0 Å². The molecule has 6 heteroatoms. The van der Waals surface area contributed by atoms with Crippen molar-refractivity contribution in [3.63, 3.8) is 0 Å². The number of hydrogen-bond donors (Lipinski definition) is 2. The van der Waals surface area contributed by atoms with Crippen molar-refractivity contribution in [2.75, 3.05) is 18.4 Å². The lowest BCUT2D eigenvalue weighted by molar-refractivity contribution is -0.383. The topological polar surface area (TPSA) is 84.3 Å². The zero-order valence-electron chi connectivity index (χ0n) is 10.6. The summed E-state index contributed by atoms with van der Waals surface area (Å²) in [6, 6.07) is 4.90. The number of benzene rings is 1. The molecule has 0 radical (unpaired) electrons. The molecule has 0 fully saturated rings. The average Bonchev–Trinajstić information content (AvgIpc) is 2.39. The Bertz CT molecular complexity index is 552. The van der Waals surface area contributed by atoms with E-state index in [1.807, 2.05) is 6.08 Å². The van der Waals surface area contributed by atoms with Crippen molar-refractivity contribution in [1.29, 1.82) is 0 Å². The Morgan fingerprint density at radius 3 is 2.84 bits per heavy atom. The van der Waals surface area contributed by atoms with Crippen molar-refractivity contribution in [3.05, 3.63) is 40.0 Å². The molecule has 1 amide bonds. The van der Waals surface area contributed by atoms with Crippen LogP contribution < -0.4 is 10.6 Å². The van der Waals surface area contributed by atoms with Crippen molar-refractivity contribution in [3.8, 4) is 0 Å². The number of amides is 1. The molecule has 0 atom stereocenters. The molecule has 2 N–H and O–H groups in total. The fourth-order valence-electron chi connectivity index (χ4n) is 2.06. The van der Waals surface area contributed by atoms with Gasteiger partial charge in [-0.15, -0.1) is 0 Å². The Morgan fingerprint density at radius 2 is 2.26 bits per heavy atom. The van der Waals surface area contributed by atoms with Gasteiger partial charge >= 0.3 is 0 Å². The first-order chi connectivity index (χ1) is 9.08. The van der Waals surface area contributed by atoms with Gasteiger partial charge in [-0.05, 0) is 30.2 Å². The number of hydrogen-bond acceptors (Lipinski definition) is 4. The normalized spacial score (nSPS) is 14.7. The number of rotatable bonds is 3. The minimum atomic E-state index is -0.476. The van der Waals surface area contributed by atoms with Crippen LogP contribution in [0.5, 0.6) is 0 Å². The van der Waals surface area contributed by atoms with E-state index >= 15 is 0 Å². The van der Waals surface area contributed by atoms with Crippen LogP contribution in [0, 0.1) is 10.1 Å². The van der Waals surface area contributed by atoms with Gasteiger partial charge in [-0.25, -0.2) is 0 Å². The molecule has 0 bridgehead atoms. The van der Waals surface area contributed by atoms with Crippen molar-refractivity contribution >= 4 is 22.9 Å². The van der Waals surface area contributed by atoms with E-state index in [0.717, 1.165) is 30.6 Å². The first-order valence-electron chi connectivity index (χ1n) is 6.04. The van der Waals surface area contributed by atoms with Crippen molar-refractivity contribution in [2.45, 2.75) is 13.3 Å². The van der Waals surface area contributed by atoms with E-state index in [1.165, 1.54) is 13.0 Å². The van der Waals surface area contributed by atoms with Gasteiger partial charge in [0.25, 0.3) is 5.69 Å². The summed E-state index contributed by atoms with van der Waals surface area (Å²) < 4.78 is 0. The molecule has 1 aromatic rings. The number of carbonyl (C=O) groups is 1. The van der Waals surface area contributed by atoms with E-state index < -0.39 is 4.92 Å². The highest BCUT2D eigenvalue weighted by Crippen LogP contribution is 2.30. The van der Waals surface area contributed by atoms with Crippen LogP contribution in [0.4, 0.5) is 11.4 Å². The number of nitro benzene ring substituents is 1. The van der Waals surface area contributed by atoms with Gasteiger partial charge < -0.3 is 10.6 Å². The maximum absolute atomic E-state index is 11.1. The summed E-state index contributed by atoms with van der Waals surface area (Å²) in [4.78, 5) is 21.6. The van der Waals surface area contributed by atoms with Gasteiger partial charge in [-0.3, -0.25) is 14.9 Å². The Balaban J connectivity index is 2.38. The Labute approximate surface area is 110 Å². The molecule has 1 aromatic carbocycles. The molecule has 100 valence electrons. The third-order valence-electron chi connectivity index (χ3n) is 2.94. The molecule has 0 saturated heterocycles. The van der Waals surface area contributed by atoms with E-state index in [9.17, 15) is 14.9 Å². The summed E-state index contributed by atoms with van der Waals surface area (Å²) >= 11 is 0. The maximum atomic E-state index is 11.1. The predicted molar refractivity (Wildman–Crippen MR) is 72.9 cm³/mol. The second-order valence-corrected chi connectivity index (χ2v) is 4.35. The minimum Gasteiger partial charge on any atom is -0.321 e. The summed E-state index contributed by atoms with van der Waals surface area (Å²) in [7, 11) is 0. The standard InChI is InChI=1S/C13H15N3O3/c1-9(17)15-12-3-2-11(8-13(12)16(18)19)10-4-6-14-7-5-10/h2-4,8,14H,5-7H2,1H3,(H,15,17). The Kier molecular flexibility index (Phi) is 3.91. The number of carbonyl (C=O) groups excluding carboxylic acids is 1. The van der Waals surface area contributed by atoms with Crippen molar-refractivity contribution in [2.24, 2.45) is 0 Å². The highest BCUT2D eigenvalue weighted by atomic mass is 16.6. The van der Waals surface area contributed by atoms with Crippen LogP contribution >= 0.6 is 0 Å². The van der Waals surface area contributed by atoms with E-state index in [1.54, 1.807) is 12.1 Å². The van der Waals surface area contributed by atoms with Gasteiger partial charge in [0.15, 0.2) is 0 Å². The van der Waals surface area contributed by atoms with Gasteiger partial charge in [0, 0.05) is 19.5 Å². The van der Waals surface area contributed by atoms with E-state index in [0.29, 0.717) is 0 Å². The van der Waals surface area contributed by atoms with Crippen LogP contribution in [-0.4, -0.2) is 23.9 Å². The molecule has 1 aliphatic rings. The summed E-state index contributed by atoms with van der Waals surface area (Å²) in [5.41, 5.74) is 2.08. The molecule has 1 aliphatic heterocycles. The lowest BCUT2D eigenvalue weighted by Gasteiger charge is -2.14. The molecular weight excluding hydrogens is 246 g/mol. The second-order valence-electron chi connectivity index (χ2n) is 4.35. The summed E-state index contributed by atoms with van der Waals surface area (Å²) in [5.74, 6) is -0.322. The fraction of sp³-hybridized carbons (Fsp3) is 0.308. The quantitative estimate of drug-likeness (QED) is 0.643. The van der Waals surface area contributed by atoms with E-state index in [2.05, 4.69) is 10.6 Å². The van der Waals surface area contributed by atoms with Gasteiger partial charge in [0.05, 0.1) is 4.92 Å². The van der Waals surface area contributed by atoms with Crippen LogP contribution in [-0.2, 0) is 4.79 Å². The summed E-state index contributed by atoms with van der Waals surface area (Å²) in [6.07, 6.45) is 2.87. The number of nitro groups is 1. The van der Waals surface area contributed by atoms with Crippen LogP contribution in [0.1, 0.15) is 18.9 Å². The largest absolute Gasteiger partial charge is 0.321 e. The highest BCUT2D eigenvalue weighted by molar-refractivity contribution is 5.91. The molecule has 0 aliphatic carbocycles. The number of nitrogens with zero attached hydrogens (tertiary/aromatic N) is 1. The third-order valence-corrected chi connectivity index (χ3v) is 2.94. The smallest absolute Gasteiger partial charge is 0.293 e. The maximum Gasteiger partial charge on any atom is 0.293 e. The lowest BCUT2D eigenvalue weighted by Crippen LogP contribution is -2.20. The predicted octanol–water partition coefficient (Wildman–Crippen LogP) is 1.93. The number of nitrogens with one attached hydrogen (secondary N) is 2. The first kappa shape index (κ1) is 13.2. The first-order valence-corrected chi connectivity index (χ1v) is 6.04. The molecule has 0 unspecified atom stereocenters. The van der Waals surface area contributed by atoms with Crippen LogP contribution in [0.2, 0.25) is 0 Å². The molecule has 0 aromatic heterocycles. The SMILES string of the molecule is CC(=O)Nc1ccc(C2=CCNCC2)cc1[N+](=O)[O-]. The zero-order chi connectivity index (χ0) is 13.8. The third kappa shape index (κ3) is 3.17. The highest BCUT2D eigenvalue weighted by Gasteiger charge is 2.17. The fourth-order valence-corrected chi connectivity index (χ4v) is 2.06. The molecular formula is C13H15N3O3. The van der Waals surface area contributed by atoms with Crippen molar-refractivity contribution in [1.82, 2.24) is 5.32 Å². The van der Waals surface area contributed by atoms with E-state index in [4.69, 9.17) is 0 Å². The van der Waals surface area contributed by atoms with Gasteiger partial charge in [-0.1, -0.05) is 12.1 Å². The minimum absolute atomic E-state index is 0.0767.